The largest absolute Gasteiger partial charge is 0.394 e. The minimum absolute atomic E-state index is 0.596. The van der Waals surface area contributed by atoms with Gasteiger partial charge in [0.15, 0.2) is 0 Å². The Labute approximate surface area is 103 Å². The lowest BCUT2D eigenvalue weighted by Gasteiger charge is -2.09. The van der Waals surface area contributed by atoms with Crippen LogP contribution >= 0.6 is 0 Å². The Hall–Kier alpha value is -1.23. The molecule has 0 fully saturated rings. The van der Waals surface area contributed by atoms with Crippen molar-refractivity contribution in [3.05, 3.63) is 5.69 Å². The van der Waals surface area contributed by atoms with E-state index in [1.807, 2.05) is 14.0 Å². The van der Waals surface area contributed by atoms with E-state index in [0.717, 1.165) is 43.4 Å². The zero-order valence-corrected chi connectivity index (χ0v) is 11.3. The number of hydrogen-bond donors (Lipinski definition) is 2. The summed E-state index contributed by atoms with van der Waals surface area (Å²) in [7, 11) is 1.89. The van der Waals surface area contributed by atoms with E-state index >= 15 is 0 Å². The summed E-state index contributed by atoms with van der Waals surface area (Å²) >= 11 is 0. The predicted octanol–water partition coefficient (Wildman–Crippen LogP) is 1.79. The molecule has 0 radical (unpaired) electrons. The normalized spacial score (nSPS) is 11.1. The van der Waals surface area contributed by atoms with Gasteiger partial charge in [-0.15, -0.1) is 0 Å². The Balaban J connectivity index is 2.22. The lowest BCUT2D eigenvalue weighted by atomic mass is 10.2. The number of nitrogen functional groups attached to an aromatic ring is 1. The number of ether oxygens (including phenoxy) is 1. The summed E-state index contributed by atoms with van der Waals surface area (Å²) in [6.07, 6.45) is 0.969. The van der Waals surface area contributed by atoms with Gasteiger partial charge in [0.2, 0.25) is 0 Å². The lowest BCUT2D eigenvalue weighted by Crippen LogP contribution is -2.11. The van der Waals surface area contributed by atoms with E-state index in [9.17, 15) is 0 Å². The summed E-state index contributed by atoms with van der Waals surface area (Å²) in [4.78, 5) is 0. The average molecular weight is 240 g/mol. The molecule has 0 saturated carbocycles. The molecule has 0 aromatic carbocycles. The van der Waals surface area contributed by atoms with Crippen molar-refractivity contribution >= 4 is 11.5 Å². The molecule has 5 nitrogen and oxygen atoms in total. The SMILES string of the molecule is Cc1nn(C)c(NCCCOCC(C)C)c1N. The van der Waals surface area contributed by atoms with Gasteiger partial charge in [0.25, 0.3) is 0 Å². The monoisotopic (exact) mass is 240 g/mol. The minimum Gasteiger partial charge on any atom is -0.394 e. The molecule has 1 rings (SSSR count). The smallest absolute Gasteiger partial charge is 0.147 e. The van der Waals surface area contributed by atoms with Crippen molar-refractivity contribution in [2.24, 2.45) is 13.0 Å². The number of aryl methyl sites for hydroxylation is 2. The highest BCUT2D eigenvalue weighted by atomic mass is 16.5. The van der Waals surface area contributed by atoms with Crippen LogP contribution in [0.3, 0.4) is 0 Å². The molecular weight excluding hydrogens is 216 g/mol. The Morgan fingerprint density at radius 3 is 2.71 bits per heavy atom. The molecule has 98 valence electrons. The van der Waals surface area contributed by atoms with E-state index in [0.29, 0.717) is 5.92 Å². The van der Waals surface area contributed by atoms with Gasteiger partial charge in [0.05, 0.1) is 11.4 Å². The van der Waals surface area contributed by atoms with E-state index in [2.05, 4.69) is 24.3 Å². The zero-order valence-electron chi connectivity index (χ0n) is 11.3. The molecule has 3 N–H and O–H groups in total. The first-order chi connectivity index (χ1) is 8.02. The number of anilines is 2. The predicted molar refractivity (Wildman–Crippen MR) is 71.1 cm³/mol. The molecule has 0 aliphatic heterocycles. The molecule has 1 heterocycles. The van der Waals surface area contributed by atoms with Gasteiger partial charge in [0, 0.05) is 26.8 Å². The minimum atomic E-state index is 0.596. The third-order valence-corrected chi connectivity index (χ3v) is 2.48. The third kappa shape index (κ3) is 4.26. The fourth-order valence-electron chi connectivity index (χ4n) is 1.58. The summed E-state index contributed by atoms with van der Waals surface area (Å²) in [6.45, 7) is 8.66. The van der Waals surface area contributed by atoms with Crippen LogP contribution in [0.2, 0.25) is 0 Å². The van der Waals surface area contributed by atoms with E-state index in [1.165, 1.54) is 0 Å². The van der Waals surface area contributed by atoms with Gasteiger partial charge in [0.1, 0.15) is 5.82 Å². The number of nitrogens with one attached hydrogen (secondary N) is 1. The summed E-state index contributed by atoms with van der Waals surface area (Å²) in [5, 5.41) is 7.53. The van der Waals surface area contributed by atoms with Gasteiger partial charge in [-0.3, -0.25) is 4.68 Å². The van der Waals surface area contributed by atoms with Crippen molar-refractivity contribution in [3.8, 4) is 0 Å². The fourth-order valence-corrected chi connectivity index (χ4v) is 1.58. The van der Waals surface area contributed by atoms with Crippen LogP contribution in [-0.4, -0.2) is 29.5 Å². The van der Waals surface area contributed by atoms with Gasteiger partial charge in [-0.2, -0.15) is 5.10 Å². The van der Waals surface area contributed by atoms with Crippen LogP contribution in [0.15, 0.2) is 0 Å². The molecule has 1 aromatic rings. The van der Waals surface area contributed by atoms with Crippen LogP contribution < -0.4 is 11.1 Å². The highest BCUT2D eigenvalue weighted by Gasteiger charge is 2.08. The van der Waals surface area contributed by atoms with Crippen LogP contribution in [0.25, 0.3) is 0 Å². The van der Waals surface area contributed by atoms with Crippen LogP contribution in [-0.2, 0) is 11.8 Å². The van der Waals surface area contributed by atoms with Crippen molar-refractivity contribution < 1.29 is 4.74 Å². The molecule has 0 aliphatic rings. The number of nitrogens with zero attached hydrogens (tertiary/aromatic N) is 2. The van der Waals surface area contributed by atoms with Gasteiger partial charge in [-0.05, 0) is 19.3 Å². The number of aromatic nitrogens is 2. The summed E-state index contributed by atoms with van der Waals surface area (Å²) < 4.78 is 7.28. The second-order valence-electron chi connectivity index (χ2n) is 4.72. The molecule has 0 aliphatic carbocycles. The molecule has 0 unspecified atom stereocenters. The molecule has 0 bridgehead atoms. The first-order valence-corrected chi connectivity index (χ1v) is 6.13. The maximum absolute atomic E-state index is 5.91. The average Bonchev–Trinajstić information content (AvgIpc) is 2.48. The molecular formula is C12H24N4O. The Morgan fingerprint density at radius 1 is 1.47 bits per heavy atom. The van der Waals surface area contributed by atoms with Crippen molar-refractivity contribution in [3.63, 3.8) is 0 Å². The van der Waals surface area contributed by atoms with Crippen molar-refractivity contribution in [1.82, 2.24) is 9.78 Å². The number of rotatable bonds is 7. The second-order valence-corrected chi connectivity index (χ2v) is 4.72. The highest BCUT2D eigenvalue weighted by molar-refractivity contribution is 5.64. The molecule has 17 heavy (non-hydrogen) atoms. The summed E-state index contributed by atoms with van der Waals surface area (Å²) in [6, 6.07) is 0. The Kier molecular flexibility index (Phi) is 5.28. The van der Waals surface area contributed by atoms with Gasteiger partial charge in [-0.1, -0.05) is 13.8 Å². The first kappa shape index (κ1) is 13.8. The maximum Gasteiger partial charge on any atom is 0.147 e. The standard InChI is InChI=1S/C12H24N4O/c1-9(2)8-17-7-5-6-14-12-11(13)10(3)15-16(12)4/h9,14H,5-8,13H2,1-4H3. The number of hydrogen-bond acceptors (Lipinski definition) is 4. The van der Waals surface area contributed by atoms with Crippen molar-refractivity contribution in [1.29, 1.82) is 0 Å². The van der Waals surface area contributed by atoms with Crippen LogP contribution in [0.1, 0.15) is 26.0 Å². The molecule has 0 saturated heterocycles. The Morgan fingerprint density at radius 2 is 2.18 bits per heavy atom. The zero-order chi connectivity index (χ0) is 12.8. The lowest BCUT2D eigenvalue weighted by molar-refractivity contribution is 0.110. The van der Waals surface area contributed by atoms with Gasteiger partial charge < -0.3 is 15.8 Å². The molecule has 1 aromatic heterocycles. The van der Waals surface area contributed by atoms with E-state index < -0.39 is 0 Å². The molecule has 5 heteroatoms. The molecule has 0 spiro atoms. The summed E-state index contributed by atoms with van der Waals surface area (Å²) in [5.74, 6) is 1.49. The van der Waals surface area contributed by atoms with Gasteiger partial charge in [-0.25, -0.2) is 0 Å². The van der Waals surface area contributed by atoms with E-state index in [4.69, 9.17) is 10.5 Å². The van der Waals surface area contributed by atoms with Crippen molar-refractivity contribution in [2.45, 2.75) is 27.2 Å². The second kappa shape index (κ2) is 6.49. The van der Waals surface area contributed by atoms with Crippen LogP contribution in [0, 0.1) is 12.8 Å². The highest BCUT2D eigenvalue weighted by Crippen LogP contribution is 2.20. The topological polar surface area (TPSA) is 65.1 Å². The van der Waals surface area contributed by atoms with Gasteiger partial charge >= 0.3 is 0 Å². The number of nitrogens with two attached hydrogens (primary N) is 1. The van der Waals surface area contributed by atoms with E-state index in [-0.39, 0.29) is 0 Å². The Bertz CT molecular complexity index is 347. The van der Waals surface area contributed by atoms with Crippen LogP contribution in [0.5, 0.6) is 0 Å². The third-order valence-electron chi connectivity index (χ3n) is 2.48. The maximum atomic E-state index is 5.91. The van der Waals surface area contributed by atoms with E-state index in [1.54, 1.807) is 4.68 Å². The quantitative estimate of drug-likeness (QED) is 0.713. The van der Waals surface area contributed by atoms with Crippen molar-refractivity contribution in [2.75, 3.05) is 30.8 Å². The molecule has 0 atom stereocenters. The molecule has 0 amide bonds. The van der Waals surface area contributed by atoms with Crippen LogP contribution in [0.4, 0.5) is 11.5 Å². The fraction of sp³-hybridized carbons (Fsp3) is 0.750. The summed E-state index contributed by atoms with van der Waals surface area (Å²) in [5.41, 5.74) is 7.51. The first-order valence-electron chi connectivity index (χ1n) is 6.13.